The van der Waals surface area contributed by atoms with Gasteiger partial charge in [0.05, 0.1) is 20.5 Å². The van der Waals surface area contributed by atoms with E-state index in [0.717, 1.165) is 4.90 Å². The van der Waals surface area contributed by atoms with Crippen LogP contribution in [0.2, 0.25) is 0 Å². The molecule has 0 aliphatic carbocycles. The lowest BCUT2D eigenvalue weighted by atomic mass is 10.2. The lowest BCUT2D eigenvalue weighted by molar-refractivity contribution is -0.152. The van der Waals surface area contributed by atoms with Crippen LogP contribution in [0.1, 0.15) is 12.2 Å². The number of methoxy groups -OCH3 is 2. The number of esters is 2. The largest absolute Gasteiger partial charge is 0.469 e. The molecule has 0 aromatic carbocycles. The molecule has 1 aromatic rings. The van der Waals surface area contributed by atoms with Crippen LogP contribution in [0.25, 0.3) is 0 Å². The van der Waals surface area contributed by atoms with Crippen LogP contribution in [0.4, 0.5) is 0 Å². The molecule has 0 radical (unpaired) electrons. The molecule has 7 nitrogen and oxygen atoms in total. The van der Waals surface area contributed by atoms with Crippen LogP contribution < -0.4 is 0 Å². The molecule has 1 heterocycles. The Balaban J connectivity index is 2.57. The molecule has 0 fully saturated rings. The zero-order chi connectivity index (χ0) is 15.0. The van der Waals surface area contributed by atoms with Gasteiger partial charge in [-0.1, -0.05) is 0 Å². The van der Waals surface area contributed by atoms with E-state index in [4.69, 9.17) is 4.42 Å². The molecular weight excluding hydrogens is 266 g/mol. The SMILES string of the molecule is COC(=O)CN(CC(=O)OC)C(=O)CCc1ccco1. The van der Waals surface area contributed by atoms with Gasteiger partial charge in [-0.15, -0.1) is 0 Å². The number of aryl methyl sites for hydroxylation is 1. The highest BCUT2D eigenvalue weighted by atomic mass is 16.5. The van der Waals surface area contributed by atoms with E-state index >= 15 is 0 Å². The third-order valence-corrected chi connectivity index (χ3v) is 2.61. The van der Waals surface area contributed by atoms with Gasteiger partial charge in [0.2, 0.25) is 5.91 Å². The normalized spacial score (nSPS) is 9.90. The zero-order valence-corrected chi connectivity index (χ0v) is 11.5. The van der Waals surface area contributed by atoms with Crippen molar-refractivity contribution in [3.8, 4) is 0 Å². The Bertz CT molecular complexity index is 435. The Morgan fingerprint density at radius 3 is 2.20 bits per heavy atom. The van der Waals surface area contributed by atoms with E-state index in [1.807, 2.05) is 0 Å². The molecule has 20 heavy (non-hydrogen) atoms. The number of carbonyl (C=O) groups is 3. The summed E-state index contributed by atoms with van der Waals surface area (Å²) >= 11 is 0. The first-order valence-electron chi connectivity index (χ1n) is 6.00. The molecule has 0 aliphatic rings. The highest BCUT2D eigenvalue weighted by molar-refractivity contribution is 5.86. The lowest BCUT2D eigenvalue weighted by Gasteiger charge is -2.19. The summed E-state index contributed by atoms with van der Waals surface area (Å²) in [5, 5.41) is 0. The fraction of sp³-hybridized carbons (Fsp3) is 0.462. The van der Waals surface area contributed by atoms with Crippen LogP contribution in [0, 0.1) is 0 Å². The van der Waals surface area contributed by atoms with Crippen molar-refractivity contribution in [2.45, 2.75) is 12.8 Å². The van der Waals surface area contributed by atoms with Crippen LogP contribution in [0.3, 0.4) is 0 Å². The van der Waals surface area contributed by atoms with E-state index < -0.39 is 11.9 Å². The Morgan fingerprint density at radius 2 is 1.75 bits per heavy atom. The Morgan fingerprint density at radius 1 is 1.15 bits per heavy atom. The Hall–Kier alpha value is -2.31. The van der Waals surface area contributed by atoms with Gasteiger partial charge in [0.1, 0.15) is 18.8 Å². The van der Waals surface area contributed by atoms with Crippen molar-refractivity contribution in [2.24, 2.45) is 0 Å². The summed E-state index contributed by atoms with van der Waals surface area (Å²) in [6.07, 6.45) is 2.03. The first kappa shape index (κ1) is 15.7. The molecule has 1 rings (SSSR count). The minimum atomic E-state index is -0.597. The monoisotopic (exact) mass is 283 g/mol. The molecule has 0 saturated carbocycles. The molecular formula is C13H17NO6. The van der Waals surface area contributed by atoms with E-state index in [9.17, 15) is 14.4 Å². The van der Waals surface area contributed by atoms with Crippen molar-refractivity contribution in [2.75, 3.05) is 27.3 Å². The average Bonchev–Trinajstić information content (AvgIpc) is 2.96. The Labute approximate surface area is 116 Å². The van der Waals surface area contributed by atoms with Crippen LogP contribution in [-0.4, -0.2) is 50.1 Å². The molecule has 0 saturated heterocycles. The molecule has 1 aromatic heterocycles. The van der Waals surface area contributed by atoms with Crippen molar-refractivity contribution in [1.82, 2.24) is 4.90 Å². The number of furan rings is 1. The summed E-state index contributed by atoms with van der Waals surface area (Å²) in [7, 11) is 2.43. The summed E-state index contributed by atoms with van der Waals surface area (Å²) < 4.78 is 14.1. The Kier molecular flexibility index (Phi) is 6.28. The quantitative estimate of drug-likeness (QED) is 0.673. The number of hydrogen-bond donors (Lipinski definition) is 0. The predicted octanol–water partition coefficient (Wildman–Crippen LogP) is 0.387. The molecule has 1 amide bonds. The second kappa shape index (κ2) is 7.98. The molecule has 7 heteroatoms. The van der Waals surface area contributed by atoms with Gasteiger partial charge in [0.15, 0.2) is 0 Å². The second-order valence-electron chi connectivity index (χ2n) is 3.98. The maximum Gasteiger partial charge on any atom is 0.325 e. The number of nitrogens with zero attached hydrogens (tertiary/aromatic N) is 1. The van der Waals surface area contributed by atoms with Crippen LogP contribution in [-0.2, 0) is 30.3 Å². The fourth-order valence-electron chi connectivity index (χ4n) is 1.52. The number of amides is 1. The third-order valence-electron chi connectivity index (χ3n) is 2.61. The van der Waals surface area contributed by atoms with Gasteiger partial charge in [-0.2, -0.15) is 0 Å². The maximum atomic E-state index is 12.0. The van der Waals surface area contributed by atoms with Crippen LogP contribution in [0.15, 0.2) is 22.8 Å². The van der Waals surface area contributed by atoms with E-state index in [2.05, 4.69) is 9.47 Å². The van der Waals surface area contributed by atoms with Gasteiger partial charge in [0, 0.05) is 12.8 Å². The number of carbonyl (C=O) groups excluding carboxylic acids is 3. The molecule has 0 atom stereocenters. The fourth-order valence-corrected chi connectivity index (χ4v) is 1.52. The summed E-state index contributed by atoms with van der Waals surface area (Å²) in [5.41, 5.74) is 0. The highest BCUT2D eigenvalue weighted by Gasteiger charge is 2.21. The molecule has 0 N–H and O–H groups in total. The second-order valence-corrected chi connectivity index (χ2v) is 3.98. The minimum Gasteiger partial charge on any atom is -0.469 e. The molecule has 0 unspecified atom stereocenters. The molecule has 0 spiro atoms. The van der Waals surface area contributed by atoms with Crippen LogP contribution in [0.5, 0.6) is 0 Å². The average molecular weight is 283 g/mol. The summed E-state index contributed by atoms with van der Waals surface area (Å²) in [5.74, 6) is -0.882. The van der Waals surface area contributed by atoms with Crippen molar-refractivity contribution in [3.05, 3.63) is 24.2 Å². The number of hydrogen-bond acceptors (Lipinski definition) is 6. The summed E-state index contributed by atoms with van der Waals surface area (Å²) in [6, 6.07) is 3.47. The van der Waals surface area contributed by atoms with Crippen molar-refractivity contribution in [1.29, 1.82) is 0 Å². The predicted molar refractivity (Wildman–Crippen MR) is 67.6 cm³/mol. The first-order chi connectivity index (χ1) is 9.56. The summed E-state index contributed by atoms with van der Waals surface area (Å²) in [6.45, 7) is -0.578. The number of ether oxygens (including phenoxy) is 2. The van der Waals surface area contributed by atoms with E-state index in [0.29, 0.717) is 12.2 Å². The van der Waals surface area contributed by atoms with Gasteiger partial charge >= 0.3 is 11.9 Å². The van der Waals surface area contributed by atoms with Crippen molar-refractivity contribution < 1.29 is 28.3 Å². The van der Waals surface area contributed by atoms with Crippen molar-refractivity contribution >= 4 is 17.8 Å². The summed E-state index contributed by atoms with van der Waals surface area (Å²) in [4.78, 5) is 35.6. The molecule has 0 aliphatic heterocycles. The van der Waals surface area contributed by atoms with E-state index in [-0.39, 0.29) is 25.4 Å². The minimum absolute atomic E-state index is 0.126. The topological polar surface area (TPSA) is 86.0 Å². The zero-order valence-electron chi connectivity index (χ0n) is 11.5. The van der Waals surface area contributed by atoms with Gasteiger partial charge in [-0.3, -0.25) is 14.4 Å². The van der Waals surface area contributed by atoms with E-state index in [1.54, 1.807) is 12.1 Å². The molecule has 110 valence electrons. The van der Waals surface area contributed by atoms with Gasteiger partial charge in [-0.25, -0.2) is 0 Å². The highest BCUT2D eigenvalue weighted by Crippen LogP contribution is 2.06. The lowest BCUT2D eigenvalue weighted by Crippen LogP contribution is -2.40. The maximum absolute atomic E-state index is 12.0. The van der Waals surface area contributed by atoms with Gasteiger partial charge in [0.25, 0.3) is 0 Å². The molecule has 0 bridgehead atoms. The van der Waals surface area contributed by atoms with Crippen molar-refractivity contribution in [3.63, 3.8) is 0 Å². The van der Waals surface area contributed by atoms with Gasteiger partial charge in [-0.05, 0) is 12.1 Å². The van der Waals surface area contributed by atoms with Crippen LogP contribution >= 0.6 is 0 Å². The number of rotatable bonds is 7. The third kappa shape index (κ3) is 5.13. The standard InChI is InChI=1S/C13H17NO6/c1-18-12(16)8-14(9-13(17)19-2)11(15)6-5-10-4-3-7-20-10/h3-4,7H,5-6,8-9H2,1-2H3. The van der Waals surface area contributed by atoms with Gasteiger partial charge < -0.3 is 18.8 Å². The first-order valence-corrected chi connectivity index (χ1v) is 6.00. The van der Waals surface area contributed by atoms with E-state index in [1.165, 1.54) is 20.5 Å². The smallest absolute Gasteiger partial charge is 0.325 e.